The smallest absolute Gasteiger partial charge is 0.315 e. The molecule has 0 saturated carbocycles. The second-order valence-corrected chi connectivity index (χ2v) is 5.47. The van der Waals surface area contributed by atoms with Crippen LogP contribution in [0.5, 0.6) is 0 Å². The normalized spacial score (nSPS) is 18.8. The molecule has 2 amide bonds. The molecule has 0 aliphatic carbocycles. The number of carboxylic acid groups (broad SMARTS) is 1. The van der Waals surface area contributed by atoms with Gasteiger partial charge >= 0.3 is 12.0 Å². The van der Waals surface area contributed by atoms with E-state index < -0.39 is 11.4 Å². The van der Waals surface area contributed by atoms with Crippen LogP contribution in [0.15, 0.2) is 0 Å². The lowest BCUT2D eigenvalue weighted by Crippen LogP contribution is -2.51. The van der Waals surface area contributed by atoms with Crippen LogP contribution >= 0.6 is 0 Å². The summed E-state index contributed by atoms with van der Waals surface area (Å²) < 4.78 is 10.3. The Morgan fingerprint density at radius 2 is 2.05 bits per heavy atom. The highest BCUT2D eigenvalue weighted by molar-refractivity contribution is 5.78. The highest BCUT2D eigenvalue weighted by Gasteiger charge is 2.40. The fourth-order valence-corrected chi connectivity index (χ4v) is 2.46. The summed E-state index contributed by atoms with van der Waals surface area (Å²) in [6.07, 6.45) is 2.59. The van der Waals surface area contributed by atoms with Gasteiger partial charge in [0.25, 0.3) is 0 Å². The molecule has 1 unspecified atom stereocenters. The summed E-state index contributed by atoms with van der Waals surface area (Å²) in [5, 5.41) is 14.9. The molecule has 1 aliphatic heterocycles. The van der Waals surface area contributed by atoms with E-state index in [1.54, 1.807) is 7.11 Å². The predicted octanol–water partition coefficient (Wildman–Crippen LogP) is 0.982. The number of carbonyl (C=O) groups is 2. The van der Waals surface area contributed by atoms with Gasteiger partial charge in [-0.15, -0.1) is 0 Å². The van der Waals surface area contributed by atoms with E-state index in [0.29, 0.717) is 32.7 Å². The molecular weight excluding hydrogens is 276 g/mol. The van der Waals surface area contributed by atoms with Gasteiger partial charge in [-0.2, -0.15) is 0 Å². The third-order valence-corrected chi connectivity index (χ3v) is 3.83. The van der Waals surface area contributed by atoms with Crippen molar-refractivity contribution in [1.82, 2.24) is 10.6 Å². The fourth-order valence-electron chi connectivity index (χ4n) is 2.46. The Morgan fingerprint density at radius 1 is 1.38 bits per heavy atom. The number of hydrogen-bond acceptors (Lipinski definition) is 4. The summed E-state index contributed by atoms with van der Waals surface area (Å²) in [5.41, 5.74) is -0.920. The summed E-state index contributed by atoms with van der Waals surface area (Å²) in [4.78, 5) is 23.4. The Bertz CT molecular complexity index is 336. The van der Waals surface area contributed by atoms with Gasteiger partial charge in [-0.1, -0.05) is 13.3 Å². The molecule has 21 heavy (non-hydrogen) atoms. The second kappa shape index (κ2) is 8.84. The molecule has 122 valence electrons. The van der Waals surface area contributed by atoms with Crippen LogP contribution in [0.25, 0.3) is 0 Å². The zero-order chi connectivity index (χ0) is 15.7. The molecule has 1 atom stereocenters. The Hall–Kier alpha value is -1.34. The van der Waals surface area contributed by atoms with E-state index in [1.807, 2.05) is 6.92 Å². The number of amides is 2. The summed E-state index contributed by atoms with van der Waals surface area (Å²) in [6, 6.07) is -0.409. The molecule has 0 aromatic heterocycles. The minimum atomic E-state index is -0.920. The number of methoxy groups -OCH3 is 1. The Labute approximate surface area is 125 Å². The number of urea groups is 1. The molecule has 1 aliphatic rings. The molecule has 7 heteroatoms. The van der Waals surface area contributed by atoms with Crippen molar-refractivity contribution in [3.63, 3.8) is 0 Å². The van der Waals surface area contributed by atoms with E-state index in [1.165, 1.54) is 0 Å². The van der Waals surface area contributed by atoms with Gasteiger partial charge in [-0.3, -0.25) is 4.79 Å². The molecule has 0 spiro atoms. The lowest BCUT2D eigenvalue weighted by Gasteiger charge is -2.33. The molecule has 0 aromatic rings. The number of hydrogen-bond donors (Lipinski definition) is 3. The van der Waals surface area contributed by atoms with Gasteiger partial charge in [0.05, 0.1) is 18.1 Å². The van der Waals surface area contributed by atoms with Gasteiger partial charge < -0.3 is 25.2 Å². The van der Waals surface area contributed by atoms with Crippen molar-refractivity contribution in [2.45, 2.75) is 38.6 Å². The number of aliphatic carboxylic acids is 1. The van der Waals surface area contributed by atoms with Crippen molar-refractivity contribution in [2.75, 3.05) is 33.5 Å². The molecule has 0 aromatic carbocycles. The average molecular weight is 302 g/mol. The van der Waals surface area contributed by atoms with Crippen molar-refractivity contribution < 1.29 is 24.2 Å². The summed E-state index contributed by atoms with van der Waals surface area (Å²) in [5.74, 6) is -0.881. The van der Waals surface area contributed by atoms with Gasteiger partial charge in [-0.25, -0.2) is 4.79 Å². The van der Waals surface area contributed by atoms with Crippen LogP contribution < -0.4 is 10.6 Å². The van der Waals surface area contributed by atoms with Crippen LogP contribution in [0.3, 0.4) is 0 Å². The van der Waals surface area contributed by atoms with Gasteiger partial charge in [0.15, 0.2) is 0 Å². The number of ether oxygens (including phenoxy) is 2. The van der Waals surface area contributed by atoms with Crippen molar-refractivity contribution in [1.29, 1.82) is 0 Å². The minimum Gasteiger partial charge on any atom is -0.481 e. The second-order valence-electron chi connectivity index (χ2n) is 5.47. The van der Waals surface area contributed by atoms with Crippen LogP contribution in [0, 0.1) is 5.41 Å². The van der Waals surface area contributed by atoms with Crippen LogP contribution in [0.4, 0.5) is 4.79 Å². The van der Waals surface area contributed by atoms with Crippen LogP contribution in [-0.4, -0.2) is 56.6 Å². The third-order valence-electron chi connectivity index (χ3n) is 3.83. The first-order chi connectivity index (χ1) is 10.0. The van der Waals surface area contributed by atoms with Gasteiger partial charge in [-0.05, 0) is 19.3 Å². The highest BCUT2D eigenvalue weighted by Crippen LogP contribution is 2.29. The standard InChI is InChI=1S/C14H26N2O5/c1-3-4-11(9-20-2)16-13(19)15-10-14(12(17)18)5-7-21-8-6-14/h11H,3-10H2,1-2H3,(H,17,18)(H2,15,16,19). The molecule has 1 fully saturated rings. The first kappa shape index (κ1) is 17.7. The van der Waals surface area contributed by atoms with E-state index in [9.17, 15) is 14.7 Å². The lowest BCUT2D eigenvalue weighted by molar-refractivity contribution is -0.154. The van der Waals surface area contributed by atoms with E-state index in [0.717, 1.165) is 12.8 Å². The number of nitrogens with one attached hydrogen (secondary N) is 2. The van der Waals surface area contributed by atoms with Crippen molar-refractivity contribution in [3.8, 4) is 0 Å². The molecule has 1 saturated heterocycles. The Kier molecular flexibility index (Phi) is 7.45. The number of carboxylic acids is 1. The van der Waals surface area contributed by atoms with E-state index >= 15 is 0 Å². The van der Waals surface area contributed by atoms with Gasteiger partial charge in [0.2, 0.25) is 0 Å². The van der Waals surface area contributed by atoms with Crippen LogP contribution in [0.2, 0.25) is 0 Å². The number of carbonyl (C=O) groups excluding carboxylic acids is 1. The van der Waals surface area contributed by atoms with Gasteiger partial charge in [0.1, 0.15) is 0 Å². The zero-order valence-electron chi connectivity index (χ0n) is 12.8. The third kappa shape index (κ3) is 5.51. The first-order valence-corrected chi connectivity index (χ1v) is 7.38. The van der Waals surface area contributed by atoms with Crippen molar-refractivity contribution in [3.05, 3.63) is 0 Å². The maximum atomic E-state index is 11.9. The number of rotatable bonds is 8. The Morgan fingerprint density at radius 3 is 2.57 bits per heavy atom. The van der Waals surface area contributed by atoms with E-state index in [-0.39, 0.29) is 18.6 Å². The summed E-state index contributed by atoms with van der Waals surface area (Å²) >= 11 is 0. The lowest BCUT2D eigenvalue weighted by atomic mass is 9.80. The van der Waals surface area contributed by atoms with Crippen LogP contribution in [-0.2, 0) is 14.3 Å². The SMILES string of the molecule is CCCC(COC)NC(=O)NCC1(C(=O)O)CCOCC1. The average Bonchev–Trinajstić information content (AvgIpc) is 2.46. The topological polar surface area (TPSA) is 96.9 Å². The summed E-state index contributed by atoms with van der Waals surface area (Å²) in [7, 11) is 1.59. The first-order valence-electron chi connectivity index (χ1n) is 7.38. The molecule has 0 radical (unpaired) electrons. The molecule has 3 N–H and O–H groups in total. The monoisotopic (exact) mass is 302 g/mol. The fraction of sp³-hybridized carbons (Fsp3) is 0.857. The Balaban J connectivity index is 2.47. The quantitative estimate of drug-likeness (QED) is 0.621. The van der Waals surface area contributed by atoms with Crippen LogP contribution in [0.1, 0.15) is 32.6 Å². The largest absolute Gasteiger partial charge is 0.481 e. The van der Waals surface area contributed by atoms with E-state index in [2.05, 4.69) is 10.6 Å². The molecule has 7 nitrogen and oxygen atoms in total. The zero-order valence-corrected chi connectivity index (χ0v) is 12.8. The van der Waals surface area contributed by atoms with Crippen molar-refractivity contribution in [2.24, 2.45) is 5.41 Å². The van der Waals surface area contributed by atoms with E-state index in [4.69, 9.17) is 9.47 Å². The molecule has 1 rings (SSSR count). The highest BCUT2D eigenvalue weighted by atomic mass is 16.5. The maximum absolute atomic E-state index is 11.9. The van der Waals surface area contributed by atoms with Crippen molar-refractivity contribution >= 4 is 12.0 Å². The predicted molar refractivity (Wildman–Crippen MR) is 77.2 cm³/mol. The minimum absolute atomic E-state index is 0.0598. The molecular formula is C14H26N2O5. The van der Waals surface area contributed by atoms with Gasteiger partial charge in [0, 0.05) is 26.9 Å². The summed E-state index contributed by atoms with van der Waals surface area (Å²) in [6.45, 7) is 3.42. The molecule has 1 heterocycles. The maximum Gasteiger partial charge on any atom is 0.315 e. The molecule has 0 bridgehead atoms.